The fourth-order valence-corrected chi connectivity index (χ4v) is 2.06. The predicted molar refractivity (Wildman–Crippen MR) is 71.2 cm³/mol. The average molecular weight is 241 g/mol. The zero-order valence-electron chi connectivity index (χ0n) is 11.7. The van der Waals surface area contributed by atoms with Gasteiger partial charge in [-0.05, 0) is 25.7 Å². The maximum absolute atomic E-state index is 5.84. The summed E-state index contributed by atoms with van der Waals surface area (Å²) in [6, 6.07) is 0. The summed E-state index contributed by atoms with van der Waals surface area (Å²) in [6.45, 7) is 9.24. The zero-order valence-corrected chi connectivity index (χ0v) is 11.7. The molecule has 0 spiro atoms. The SMILES string of the molecule is COCCNCC(=CC1CCC(C)O1)C(C)C. The summed E-state index contributed by atoms with van der Waals surface area (Å²) in [5.74, 6) is 0.574. The van der Waals surface area contributed by atoms with Gasteiger partial charge in [0.2, 0.25) is 0 Å². The summed E-state index contributed by atoms with van der Waals surface area (Å²) in [6.07, 6.45) is 5.41. The van der Waals surface area contributed by atoms with Crippen LogP contribution in [0.4, 0.5) is 0 Å². The maximum atomic E-state index is 5.84. The van der Waals surface area contributed by atoms with Crippen molar-refractivity contribution < 1.29 is 9.47 Å². The lowest BCUT2D eigenvalue weighted by molar-refractivity contribution is 0.0825. The number of hydrogen-bond acceptors (Lipinski definition) is 3. The van der Waals surface area contributed by atoms with Crippen molar-refractivity contribution in [1.82, 2.24) is 5.32 Å². The molecule has 1 aliphatic heterocycles. The molecule has 2 unspecified atom stereocenters. The minimum atomic E-state index is 0.326. The molecule has 0 aromatic carbocycles. The van der Waals surface area contributed by atoms with Crippen LogP contribution in [0.3, 0.4) is 0 Å². The van der Waals surface area contributed by atoms with Crippen LogP contribution in [0.25, 0.3) is 0 Å². The van der Waals surface area contributed by atoms with Crippen molar-refractivity contribution in [2.24, 2.45) is 5.92 Å². The third-order valence-corrected chi connectivity index (χ3v) is 3.22. The van der Waals surface area contributed by atoms with Crippen LogP contribution in [0.2, 0.25) is 0 Å². The summed E-state index contributed by atoms with van der Waals surface area (Å²) >= 11 is 0. The monoisotopic (exact) mass is 241 g/mol. The second-order valence-electron chi connectivity index (χ2n) is 5.13. The Hall–Kier alpha value is -0.380. The molecule has 0 amide bonds. The summed E-state index contributed by atoms with van der Waals surface area (Å²) in [5, 5.41) is 3.40. The highest BCUT2D eigenvalue weighted by atomic mass is 16.5. The van der Waals surface area contributed by atoms with Crippen molar-refractivity contribution >= 4 is 0 Å². The molecule has 1 saturated heterocycles. The average Bonchev–Trinajstić information content (AvgIpc) is 2.68. The van der Waals surface area contributed by atoms with Crippen LogP contribution < -0.4 is 5.32 Å². The quantitative estimate of drug-likeness (QED) is 0.548. The molecule has 0 aromatic rings. The van der Waals surface area contributed by atoms with Crippen LogP contribution in [0, 0.1) is 5.92 Å². The Labute approximate surface area is 106 Å². The normalized spacial score (nSPS) is 25.8. The van der Waals surface area contributed by atoms with Crippen molar-refractivity contribution in [3.8, 4) is 0 Å². The highest BCUT2D eigenvalue weighted by molar-refractivity contribution is 5.10. The molecule has 3 heteroatoms. The van der Waals surface area contributed by atoms with Crippen LogP contribution in [0.1, 0.15) is 33.6 Å². The second kappa shape index (κ2) is 7.85. The van der Waals surface area contributed by atoms with Crippen molar-refractivity contribution in [2.45, 2.75) is 45.8 Å². The Morgan fingerprint density at radius 3 is 2.76 bits per heavy atom. The Bertz CT molecular complexity index is 238. The van der Waals surface area contributed by atoms with E-state index >= 15 is 0 Å². The van der Waals surface area contributed by atoms with Crippen LogP contribution >= 0.6 is 0 Å². The highest BCUT2D eigenvalue weighted by Gasteiger charge is 2.20. The molecule has 1 aliphatic rings. The van der Waals surface area contributed by atoms with Gasteiger partial charge in [-0.2, -0.15) is 0 Å². The molecule has 0 aromatic heterocycles. The van der Waals surface area contributed by atoms with Gasteiger partial charge in [0.1, 0.15) is 0 Å². The Balaban J connectivity index is 2.39. The van der Waals surface area contributed by atoms with E-state index in [9.17, 15) is 0 Å². The van der Waals surface area contributed by atoms with Crippen molar-refractivity contribution in [2.75, 3.05) is 26.8 Å². The van der Waals surface area contributed by atoms with Gasteiger partial charge >= 0.3 is 0 Å². The topological polar surface area (TPSA) is 30.5 Å². The lowest BCUT2D eigenvalue weighted by Gasteiger charge is -2.15. The second-order valence-corrected chi connectivity index (χ2v) is 5.13. The highest BCUT2D eigenvalue weighted by Crippen LogP contribution is 2.22. The van der Waals surface area contributed by atoms with Gasteiger partial charge in [-0.15, -0.1) is 0 Å². The molecule has 0 saturated carbocycles. The molecule has 0 bridgehead atoms. The number of rotatable bonds is 7. The van der Waals surface area contributed by atoms with Gasteiger partial charge in [0.05, 0.1) is 18.8 Å². The first-order valence-electron chi connectivity index (χ1n) is 6.69. The molecule has 17 heavy (non-hydrogen) atoms. The van der Waals surface area contributed by atoms with E-state index in [0.717, 1.165) is 26.1 Å². The number of nitrogens with one attached hydrogen (secondary N) is 1. The molecule has 1 rings (SSSR count). The zero-order chi connectivity index (χ0) is 12.7. The number of methoxy groups -OCH3 is 1. The maximum Gasteiger partial charge on any atom is 0.0763 e. The summed E-state index contributed by atoms with van der Waals surface area (Å²) in [5.41, 5.74) is 1.44. The van der Waals surface area contributed by atoms with E-state index < -0.39 is 0 Å². The first-order valence-corrected chi connectivity index (χ1v) is 6.69. The van der Waals surface area contributed by atoms with E-state index in [1.54, 1.807) is 7.11 Å². The molecular formula is C14H27NO2. The van der Waals surface area contributed by atoms with Crippen LogP contribution in [0.5, 0.6) is 0 Å². The standard InChI is InChI=1S/C14H27NO2/c1-11(2)13(10-15-7-8-16-4)9-14-6-5-12(3)17-14/h9,11-12,14-15H,5-8,10H2,1-4H3. The van der Waals surface area contributed by atoms with E-state index in [1.807, 2.05) is 0 Å². The Morgan fingerprint density at radius 1 is 1.47 bits per heavy atom. The third-order valence-electron chi connectivity index (χ3n) is 3.22. The summed E-state index contributed by atoms with van der Waals surface area (Å²) in [4.78, 5) is 0. The van der Waals surface area contributed by atoms with E-state index in [0.29, 0.717) is 18.1 Å². The molecular weight excluding hydrogens is 214 g/mol. The van der Waals surface area contributed by atoms with Crippen LogP contribution in [-0.2, 0) is 9.47 Å². The molecule has 3 nitrogen and oxygen atoms in total. The molecule has 0 radical (unpaired) electrons. The van der Waals surface area contributed by atoms with E-state index in [1.165, 1.54) is 12.0 Å². The molecule has 0 aliphatic carbocycles. The third kappa shape index (κ3) is 5.66. The minimum Gasteiger partial charge on any atom is -0.383 e. The molecule has 1 N–H and O–H groups in total. The van der Waals surface area contributed by atoms with Gasteiger partial charge in [0.15, 0.2) is 0 Å². The molecule has 1 fully saturated rings. The van der Waals surface area contributed by atoms with E-state index in [-0.39, 0.29) is 0 Å². The largest absolute Gasteiger partial charge is 0.383 e. The fourth-order valence-electron chi connectivity index (χ4n) is 2.06. The molecule has 100 valence electrons. The number of ether oxygens (including phenoxy) is 2. The Kier molecular flexibility index (Phi) is 6.78. The van der Waals surface area contributed by atoms with Gasteiger partial charge in [0, 0.05) is 20.2 Å². The van der Waals surface area contributed by atoms with Gasteiger partial charge in [-0.1, -0.05) is 25.5 Å². The first kappa shape index (κ1) is 14.7. The predicted octanol–water partition coefficient (Wildman–Crippen LogP) is 2.37. The smallest absolute Gasteiger partial charge is 0.0763 e. The van der Waals surface area contributed by atoms with Crippen LogP contribution in [0.15, 0.2) is 11.6 Å². The van der Waals surface area contributed by atoms with Gasteiger partial charge in [-0.3, -0.25) is 0 Å². The fraction of sp³-hybridized carbons (Fsp3) is 0.857. The van der Waals surface area contributed by atoms with E-state index in [4.69, 9.17) is 9.47 Å². The van der Waals surface area contributed by atoms with Crippen molar-refractivity contribution in [3.63, 3.8) is 0 Å². The van der Waals surface area contributed by atoms with Gasteiger partial charge in [-0.25, -0.2) is 0 Å². The minimum absolute atomic E-state index is 0.326. The molecule has 2 atom stereocenters. The van der Waals surface area contributed by atoms with Crippen molar-refractivity contribution in [3.05, 3.63) is 11.6 Å². The Morgan fingerprint density at radius 2 is 2.24 bits per heavy atom. The van der Waals surface area contributed by atoms with E-state index in [2.05, 4.69) is 32.2 Å². The lowest BCUT2D eigenvalue weighted by Crippen LogP contribution is -2.24. The lowest BCUT2D eigenvalue weighted by atomic mass is 10.0. The van der Waals surface area contributed by atoms with Gasteiger partial charge < -0.3 is 14.8 Å². The summed E-state index contributed by atoms with van der Waals surface area (Å²) < 4.78 is 10.9. The van der Waals surface area contributed by atoms with Crippen LogP contribution in [-0.4, -0.2) is 39.0 Å². The first-order chi connectivity index (χ1) is 8.13. The van der Waals surface area contributed by atoms with Crippen molar-refractivity contribution in [1.29, 1.82) is 0 Å². The van der Waals surface area contributed by atoms with Gasteiger partial charge in [0.25, 0.3) is 0 Å². The molecule has 1 heterocycles. The summed E-state index contributed by atoms with van der Waals surface area (Å²) in [7, 11) is 1.73. The number of hydrogen-bond donors (Lipinski definition) is 1.